The fourth-order valence-corrected chi connectivity index (χ4v) is 9.52. The number of hydrogen-bond donors (Lipinski definition) is 4. The highest BCUT2D eigenvalue weighted by atomic mass is 28.4. The van der Waals surface area contributed by atoms with Crippen LogP contribution in [-0.2, 0) is 8.85 Å². The first-order valence-corrected chi connectivity index (χ1v) is 17.0. The van der Waals surface area contributed by atoms with Gasteiger partial charge in [0.05, 0.1) is 12.2 Å². The summed E-state index contributed by atoms with van der Waals surface area (Å²) in [7, 11) is -4.46. The molecule has 0 aliphatic carbocycles. The maximum atomic E-state index is 12.0. The molecule has 0 bridgehead atoms. The van der Waals surface area contributed by atoms with Crippen LogP contribution in [0.2, 0.25) is 32.2 Å². The van der Waals surface area contributed by atoms with Gasteiger partial charge in [-0.1, -0.05) is 13.8 Å². The highest BCUT2D eigenvalue weighted by molar-refractivity contribution is 6.81. The summed E-state index contributed by atoms with van der Waals surface area (Å²) in [6, 6.07) is 7.44. The molecule has 33 heavy (non-hydrogen) atoms. The van der Waals surface area contributed by atoms with E-state index in [1.165, 1.54) is 0 Å². The minimum Gasteiger partial charge on any atom is -0.462 e. The van der Waals surface area contributed by atoms with Gasteiger partial charge in [-0.25, -0.2) is 4.79 Å². The molecule has 12 heteroatoms. The predicted molar refractivity (Wildman–Crippen MR) is 135 cm³/mol. The Bertz CT molecular complexity index is 920. The highest BCUT2D eigenvalue weighted by Gasteiger charge is 2.32. The van der Waals surface area contributed by atoms with Crippen LogP contribution >= 0.6 is 0 Å². The molecule has 0 aliphatic heterocycles. The van der Waals surface area contributed by atoms with E-state index in [2.05, 4.69) is 45.2 Å². The van der Waals surface area contributed by atoms with Crippen molar-refractivity contribution in [2.24, 2.45) is 5.92 Å². The minimum absolute atomic E-state index is 0.0762. The van der Waals surface area contributed by atoms with Gasteiger partial charge in [-0.2, -0.15) is 15.0 Å². The van der Waals surface area contributed by atoms with Gasteiger partial charge in [-0.05, 0) is 68.8 Å². The first-order chi connectivity index (χ1) is 15.3. The first kappa shape index (κ1) is 26.7. The molecule has 1 aromatic carbocycles. The number of carbonyl (C=O) groups is 1. The van der Waals surface area contributed by atoms with Crippen LogP contribution in [-0.4, -0.2) is 55.7 Å². The number of esters is 1. The highest BCUT2D eigenvalue weighted by Crippen LogP contribution is 2.19. The van der Waals surface area contributed by atoms with Crippen molar-refractivity contribution < 1.29 is 18.4 Å². The van der Waals surface area contributed by atoms with Crippen molar-refractivity contribution in [2.45, 2.75) is 52.5 Å². The Morgan fingerprint density at radius 1 is 1.09 bits per heavy atom. The number of carbonyl (C=O) groups excluding carboxylic acids is 1. The molecule has 0 saturated carbocycles. The van der Waals surface area contributed by atoms with Gasteiger partial charge in [0.25, 0.3) is 0 Å². The Morgan fingerprint density at radius 3 is 2.33 bits per heavy atom. The molecule has 2 rings (SSSR count). The molecule has 1 unspecified atom stereocenters. The molecule has 1 atom stereocenters. The molecular weight excluding hydrogens is 456 g/mol. The molecule has 1 heterocycles. The second-order valence-corrected chi connectivity index (χ2v) is 17.3. The Labute approximate surface area is 197 Å². The first-order valence-electron chi connectivity index (χ1n) is 11.1. The third-order valence-corrected chi connectivity index (χ3v) is 9.69. The summed E-state index contributed by atoms with van der Waals surface area (Å²) in [4.78, 5) is 35.1. The van der Waals surface area contributed by atoms with Crippen molar-refractivity contribution in [3.05, 3.63) is 29.8 Å². The average Bonchev–Trinajstić information content (AvgIpc) is 2.68. The van der Waals surface area contributed by atoms with Crippen LogP contribution in [0.3, 0.4) is 0 Å². The monoisotopic (exact) mass is 492 g/mol. The van der Waals surface area contributed by atoms with E-state index in [1.54, 1.807) is 24.3 Å². The lowest BCUT2D eigenvalue weighted by Gasteiger charge is -2.29. The van der Waals surface area contributed by atoms with Crippen molar-refractivity contribution in [3.63, 3.8) is 0 Å². The van der Waals surface area contributed by atoms with E-state index in [0.717, 1.165) is 0 Å². The van der Waals surface area contributed by atoms with Gasteiger partial charge >= 0.3 is 14.5 Å². The minimum atomic E-state index is -2.68. The molecule has 182 valence electrons. The lowest BCUT2D eigenvalue weighted by Crippen LogP contribution is -2.45. The molecular formula is C21H36N6O4Si2. The molecule has 5 N–H and O–H groups in total. The van der Waals surface area contributed by atoms with Gasteiger partial charge in [-0.3, -0.25) is 0 Å². The third kappa shape index (κ3) is 10.3. The van der Waals surface area contributed by atoms with E-state index < -0.39 is 16.9 Å². The summed E-state index contributed by atoms with van der Waals surface area (Å²) < 4.78 is 11.2. The molecule has 1 aromatic heterocycles. The van der Waals surface area contributed by atoms with Crippen LogP contribution in [0.5, 0.6) is 0 Å². The van der Waals surface area contributed by atoms with E-state index in [9.17, 15) is 9.59 Å². The summed E-state index contributed by atoms with van der Waals surface area (Å²) in [6.45, 7) is 12.9. The number of ether oxygens (including phenoxy) is 1. The van der Waals surface area contributed by atoms with Crippen molar-refractivity contribution in [3.8, 4) is 0 Å². The van der Waals surface area contributed by atoms with E-state index in [0.29, 0.717) is 42.8 Å². The number of nitrogens with two attached hydrogens (primary N) is 1. The summed E-state index contributed by atoms with van der Waals surface area (Å²) in [5, 5.41) is 6.18. The molecule has 0 fully saturated rings. The zero-order valence-corrected chi connectivity index (χ0v) is 22.3. The third-order valence-electron chi connectivity index (χ3n) is 4.20. The van der Waals surface area contributed by atoms with E-state index >= 15 is 0 Å². The number of nitrogen functional groups attached to an aromatic ring is 1. The van der Waals surface area contributed by atoms with Gasteiger partial charge < -0.3 is 30.0 Å². The zero-order valence-electron chi connectivity index (χ0n) is 20.3. The lowest BCUT2D eigenvalue weighted by molar-refractivity contribution is 0.0459. The quantitative estimate of drug-likeness (QED) is 0.196. The number of aromatic nitrogens is 3. The molecule has 0 amide bonds. The largest absolute Gasteiger partial charge is 0.462 e. The Kier molecular flexibility index (Phi) is 9.34. The van der Waals surface area contributed by atoms with Crippen LogP contribution in [0.25, 0.3) is 0 Å². The van der Waals surface area contributed by atoms with Crippen molar-refractivity contribution in [1.82, 2.24) is 15.0 Å². The second-order valence-electron chi connectivity index (χ2n) is 9.46. The Morgan fingerprint density at radius 2 is 1.73 bits per heavy atom. The van der Waals surface area contributed by atoms with Gasteiger partial charge in [-0.15, -0.1) is 0 Å². The van der Waals surface area contributed by atoms with Gasteiger partial charge in [0, 0.05) is 12.2 Å². The van der Waals surface area contributed by atoms with Crippen LogP contribution in [0.15, 0.2) is 24.3 Å². The van der Waals surface area contributed by atoms with Gasteiger partial charge in [0.2, 0.25) is 17.8 Å². The lowest BCUT2D eigenvalue weighted by atomic mass is 10.2. The molecule has 0 spiro atoms. The molecule has 0 saturated heterocycles. The zero-order chi connectivity index (χ0) is 24.6. The van der Waals surface area contributed by atoms with E-state index in [-0.39, 0.29) is 23.8 Å². The number of anilines is 4. The van der Waals surface area contributed by atoms with E-state index in [4.69, 9.17) is 14.6 Å². The Balaban J connectivity index is 1.91. The van der Waals surface area contributed by atoms with Gasteiger partial charge in [0.15, 0.2) is 8.32 Å². The predicted octanol–water partition coefficient (Wildman–Crippen LogP) is 3.73. The van der Waals surface area contributed by atoms with Crippen LogP contribution in [0.1, 0.15) is 30.6 Å². The summed E-state index contributed by atoms with van der Waals surface area (Å²) in [5.41, 5.74) is 6.99. The number of rotatable bonds is 12. The van der Waals surface area contributed by atoms with Crippen LogP contribution in [0, 0.1) is 5.92 Å². The van der Waals surface area contributed by atoms with Crippen molar-refractivity contribution in [2.75, 3.05) is 29.5 Å². The van der Waals surface area contributed by atoms with Gasteiger partial charge in [0.1, 0.15) is 0 Å². The fraction of sp³-hybridized carbons (Fsp3) is 0.524. The maximum absolute atomic E-state index is 12.0. The van der Waals surface area contributed by atoms with E-state index in [1.807, 2.05) is 20.4 Å². The standard InChI is InChI=1S/C21H36N6O4Si2/c1-15(2)14-30-18(28)16-8-10-17(11-9-16)24-21-26-19(22)25-20(27-21)23-12-7-13-33(6,29)31-32(3,4)5/h8-11,15,29H,7,12-14H2,1-6H3,(H4,22,23,24,25,26,27). The molecule has 0 aliphatic rings. The fourth-order valence-electron chi connectivity index (χ4n) is 3.00. The average molecular weight is 493 g/mol. The smallest absolute Gasteiger partial charge is 0.338 e. The summed E-state index contributed by atoms with van der Waals surface area (Å²) in [6.07, 6.45) is 0.715. The number of benzene rings is 1. The second kappa shape index (κ2) is 11.5. The number of nitrogens with one attached hydrogen (secondary N) is 2. The Hall–Kier alpha value is -2.55. The van der Waals surface area contributed by atoms with Crippen molar-refractivity contribution in [1.29, 1.82) is 0 Å². The molecule has 0 radical (unpaired) electrons. The normalized spacial score (nSPS) is 13.5. The van der Waals surface area contributed by atoms with Crippen molar-refractivity contribution >= 4 is 46.4 Å². The number of nitrogens with zero attached hydrogens (tertiary/aromatic N) is 3. The topological polar surface area (TPSA) is 145 Å². The van der Waals surface area contributed by atoms with Crippen LogP contribution in [0.4, 0.5) is 23.5 Å². The number of hydrogen-bond acceptors (Lipinski definition) is 10. The molecule has 10 nitrogen and oxygen atoms in total. The maximum Gasteiger partial charge on any atom is 0.338 e. The SMILES string of the molecule is CC(C)COC(=O)c1ccc(Nc2nc(N)nc(NCCC[Si](C)(O)O[Si](C)(C)C)n2)cc1. The summed E-state index contributed by atoms with van der Waals surface area (Å²) in [5.74, 6) is 0.617. The summed E-state index contributed by atoms with van der Waals surface area (Å²) >= 11 is 0. The van der Waals surface area contributed by atoms with Crippen LogP contribution < -0.4 is 16.4 Å². The molecule has 2 aromatic rings.